The van der Waals surface area contributed by atoms with Crippen LogP contribution in [-0.4, -0.2) is 64.1 Å². The molecule has 36 heavy (non-hydrogen) atoms. The zero-order valence-electron chi connectivity index (χ0n) is 21.3. The van der Waals surface area contributed by atoms with Crippen LogP contribution in [0.1, 0.15) is 48.0 Å². The molecule has 0 unspecified atom stereocenters. The highest BCUT2D eigenvalue weighted by Crippen LogP contribution is 2.19. The van der Waals surface area contributed by atoms with Crippen LogP contribution < -0.4 is 10.9 Å². The summed E-state index contributed by atoms with van der Waals surface area (Å²) in [4.78, 5) is 54.2. The van der Waals surface area contributed by atoms with E-state index in [0.29, 0.717) is 48.7 Å². The number of aromatic nitrogens is 1. The standard InChI is InChI=1S/C26H31N5O5/c1-17-14-18(2)31(24(34)20(17)15-27)16-22(32)28-21-9-7-6-8-19(21)23(33)29-10-12-30(13-11-29)25(35)36-26(3,4)5/h6-9,14H,10-13,16H2,1-5H3,(H,28,32). The predicted molar refractivity (Wildman–Crippen MR) is 134 cm³/mol. The highest BCUT2D eigenvalue weighted by atomic mass is 16.6. The van der Waals surface area contributed by atoms with Gasteiger partial charge in [-0.15, -0.1) is 0 Å². The molecule has 1 aliphatic rings. The molecule has 1 saturated heterocycles. The number of carbonyl (C=O) groups excluding carboxylic acids is 3. The molecule has 1 aromatic carbocycles. The number of rotatable bonds is 4. The number of nitrogens with zero attached hydrogens (tertiary/aromatic N) is 4. The number of aryl methyl sites for hydroxylation is 2. The van der Waals surface area contributed by atoms with E-state index in [4.69, 9.17) is 4.74 Å². The summed E-state index contributed by atoms with van der Waals surface area (Å²) in [5.41, 5.74) is 0.604. The third-order valence-corrected chi connectivity index (χ3v) is 5.77. The van der Waals surface area contributed by atoms with Crippen molar-refractivity contribution in [3.63, 3.8) is 0 Å². The number of hydrogen-bond acceptors (Lipinski definition) is 6. The Morgan fingerprint density at radius 2 is 1.67 bits per heavy atom. The maximum atomic E-state index is 13.2. The largest absolute Gasteiger partial charge is 0.444 e. The number of pyridine rings is 1. The summed E-state index contributed by atoms with van der Waals surface area (Å²) in [6.45, 7) is 9.81. The first kappa shape index (κ1) is 26.5. The van der Waals surface area contributed by atoms with Crippen molar-refractivity contribution in [1.82, 2.24) is 14.4 Å². The Bertz CT molecular complexity index is 1280. The molecular weight excluding hydrogens is 462 g/mol. The zero-order valence-corrected chi connectivity index (χ0v) is 21.3. The molecule has 0 atom stereocenters. The SMILES string of the molecule is Cc1cc(C)n(CC(=O)Nc2ccccc2C(=O)N2CCN(C(=O)OC(C)(C)C)CC2)c(=O)c1C#N. The predicted octanol–water partition coefficient (Wildman–Crippen LogP) is 2.67. The number of benzene rings is 1. The number of amides is 3. The summed E-state index contributed by atoms with van der Waals surface area (Å²) in [5.74, 6) is -0.770. The molecule has 3 amide bonds. The topological polar surface area (TPSA) is 125 Å². The second-order valence-corrected chi connectivity index (χ2v) is 9.70. The lowest BCUT2D eigenvalue weighted by atomic mass is 10.1. The van der Waals surface area contributed by atoms with Gasteiger partial charge < -0.3 is 24.4 Å². The number of ether oxygens (including phenoxy) is 1. The summed E-state index contributed by atoms with van der Waals surface area (Å²) >= 11 is 0. The summed E-state index contributed by atoms with van der Waals surface area (Å²) in [7, 11) is 0. The van der Waals surface area contributed by atoms with Gasteiger partial charge in [0.05, 0.1) is 11.3 Å². The van der Waals surface area contributed by atoms with E-state index in [9.17, 15) is 24.4 Å². The van der Waals surface area contributed by atoms with Crippen LogP contribution in [0.2, 0.25) is 0 Å². The Morgan fingerprint density at radius 3 is 2.28 bits per heavy atom. The van der Waals surface area contributed by atoms with Crippen molar-refractivity contribution in [2.24, 2.45) is 0 Å². The third kappa shape index (κ3) is 6.10. The fraction of sp³-hybridized carbons (Fsp3) is 0.423. The van der Waals surface area contributed by atoms with Crippen LogP contribution in [-0.2, 0) is 16.1 Å². The Morgan fingerprint density at radius 1 is 1.06 bits per heavy atom. The molecule has 1 fully saturated rings. The molecular formula is C26H31N5O5. The smallest absolute Gasteiger partial charge is 0.410 e. The van der Waals surface area contributed by atoms with Gasteiger partial charge in [0, 0.05) is 31.9 Å². The number of anilines is 1. The number of carbonyl (C=O) groups is 3. The lowest BCUT2D eigenvalue weighted by Crippen LogP contribution is -2.51. The molecule has 2 aromatic rings. The van der Waals surface area contributed by atoms with Gasteiger partial charge in [-0.2, -0.15) is 5.26 Å². The van der Waals surface area contributed by atoms with Crippen molar-refractivity contribution in [3.05, 3.63) is 63.1 Å². The fourth-order valence-electron chi connectivity index (χ4n) is 3.96. The molecule has 0 radical (unpaired) electrons. The van der Waals surface area contributed by atoms with E-state index >= 15 is 0 Å². The molecule has 1 aliphatic heterocycles. The van der Waals surface area contributed by atoms with Crippen molar-refractivity contribution in [3.8, 4) is 6.07 Å². The first-order valence-corrected chi connectivity index (χ1v) is 11.7. The van der Waals surface area contributed by atoms with E-state index in [0.717, 1.165) is 0 Å². The lowest BCUT2D eigenvalue weighted by molar-refractivity contribution is -0.116. The van der Waals surface area contributed by atoms with E-state index in [2.05, 4.69) is 5.32 Å². The maximum Gasteiger partial charge on any atom is 0.410 e. The van der Waals surface area contributed by atoms with Crippen molar-refractivity contribution < 1.29 is 19.1 Å². The minimum atomic E-state index is -0.598. The maximum absolute atomic E-state index is 13.2. The molecule has 0 saturated carbocycles. The number of nitriles is 1. The molecule has 2 heterocycles. The number of para-hydroxylation sites is 1. The Hall–Kier alpha value is -4.13. The van der Waals surface area contributed by atoms with Crippen LogP contribution in [0.15, 0.2) is 35.1 Å². The molecule has 1 aromatic heterocycles. The second-order valence-electron chi connectivity index (χ2n) is 9.70. The van der Waals surface area contributed by atoms with Gasteiger partial charge in [-0.3, -0.25) is 14.4 Å². The second kappa shape index (κ2) is 10.6. The van der Waals surface area contributed by atoms with Crippen molar-refractivity contribution >= 4 is 23.6 Å². The van der Waals surface area contributed by atoms with Crippen molar-refractivity contribution in [1.29, 1.82) is 5.26 Å². The molecule has 1 N–H and O–H groups in total. The molecule has 0 aliphatic carbocycles. The molecule has 190 valence electrons. The monoisotopic (exact) mass is 493 g/mol. The normalized spacial score (nSPS) is 13.7. The summed E-state index contributed by atoms with van der Waals surface area (Å²) in [6.07, 6.45) is -0.413. The van der Waals surface area contributed by atoms with E-state index in [1.807, 2.05) is 6.07 Å². The van der Waals surface area contributed by atoms with Gasteiger partial charge in [0.2, 0.25) is 5.91 Å². The molecule has 3 rings (SSSR count). The highest BCUT2D eigenvalue weighted by Gasteiger charge is 2.29. The summed E-state index contributed by atoms with van der Waals surface area (Å²) < 4.78 is 6.64. The van der Waals surface area contributed by atoms with Gasteiger partial charge in [0.15, 0.2) is 0 Å². The van der Waals surface area contributed by atoms with Gasteiger partial charge in [-0.25, -0.2) is 4.79 Å². The van der Waals surface area contributed by atoms with Crippen molar-refractivity contribution in [2.45, 2.75) is 46.8 Å². The summed E-state index contributed by atoms with van der Waals surface area (Å²) in [6, 6.07) is 10.2. The molecule has 10 nitrogen and oxygen atoms in total. The number of hydrogen-bond donors (Lipinski definition) is 1. The lowest BCUT2D eigenvalue weighted by Gasteiger charge is -2.35. The van der Waals surface area contributed by atoms with Gasteiger partial charge in [0.25, 0.3) is 11.5 Å². The first-order chi connectivity index (χ1) is 16.9. The average Bonchev–Trinajstić information content (AvgIpc) is 2.81. The van der Waals surface area contributed by atoms with Gasteiger partial charge >= 0.3 is 6.09 Å². The van der Waals surface area contributed by atoms with Crippen LogP contribution in [0.3, 0.4) is 0 Å². The van der Waals surface area contributed by atoms with E-state index in [-0.39, 0.29) is 18.0 Å². The van der Waals surface area contributed by atoms with Crippen LogP contribution in [0.5, 0.6) is 0 Å². The minimum absolute atomic E-state index is 0.00509. The zero-order chi connectivity index (χ0) is 26.6. The van der Waals surface area contributed by atoms with E-state index in [1.54, 1.807) is 74.8 Å². The van der Waals surface area contributed by atoms with Gasteiger partial charge in [0.1, 0.15) is 23.8 Å². The highest BCUT2D eigenvalue weighted by molar-refractivity contribution is 6.03. The van der Waals surface area contributed by atoms with Crippen LogP contribution in [0, 0.1) is 25.2 Å². The Labute approximate surface area is 210 Å². The van der Waals surface area contributed by atoms with E-state index < -0.39 is 23.2 Å². The molecule has 0 bridgehead atoms. The van der Waals surface area contributed by atoms with Gasteiger partial charge in [-0.1, -0.05) is 12.1 Å². The van der Waals surface area contributed by atoms with Crippen molar-refractivity contribution in [2.75, 3.05) is 31.5 Å². The Balaban J connectivity index is 1.70. The van der Waals surface area contributed by atoms with Gasteiger partial charge in [-0.05, 0) is 58.4 Å². The Kier molecular flexibility index (Phi) is 7.83. The quantitative estimate of drug-likeness (QED) is 0.698. The molecule has 0 spiro atoms. The number of nitrogens with one attached hydrogen (secondary N) is 1. The summed E-state index contributed by atoms with van der Waals surface area (Å²) in [5, 5.41) is 12.0. The molecule has 10 heteroatoms. The van der Waals surface area contributed by atoms with Crippen LogP contribution in [0.25, 0.3) is 0 Å². The first-order valence-electron chi connectivity index (χ1n) is 11.7. The van der Waals surface area contributed by atoms with Crippen LogP contribution >= 0.6 is 0 Å². The fourth-order valence-corrected chi connectivity index (χ4v) is 3.96. The number of piperazine rings is 1. The average molecular weight is 494 g/mol. The van der Waals surface area contributed by atoms with Crippen LogP contribution in [0.4, 0.5) is 10.5 Å². The minimum Gasteiger partial charge on any atom is -0.444 e. The third-order valence-electron chi connectivity index (χ3n) is 5.77. The van der Waals surface area contributed by atoms with E-state index in [1.165, 1.54) is 4.57 Å².